The molecule has 2 unspecified atom stereocenters. The van der Waals surface area contributed by atoms with Gasteiger partial charge in [0.25, 0.3) is 0 Å². The molecule has 0 aliphatic carbocycles. The van der Waals surface area contributed by atoms with Crippen molar-refractivity contribution >= 4 is 5.97 Å². The van der Waals surface area contributed by atoms with Crippen LogP contribution in [0.5, 0.6) is 0 Å². The van der Waals surface area contributed by atoms with Crippen LogP contribution in [0.3, 0.4) is 0 Å². The van der Waals surface area contributed by atoms with Crippen molar-refractivity contribution in [2.24, 2.45) is 5.92 Å². The zero-order valence-electron chi connectivity index (χ0n) is 8.98. The minimum atomic E-state index is -0.781. The molecule has 1 aliphatic rings. The van der Waals surface area contributed by atoms with Crippen molar-refractivity contribution in [3.05, 3.63) is 0 Å². The van der Waals surface area contributed by atoms with E-state index in [1.165, 1.54) is 0 Å². The second kappa shape index (κ2) is 5.74. The van der Waals surface area contributed by atoms with E-state index in [0.717, 1.165) is 13.1 Å². The van der Waals surface area contributed by atoms with Crippen LogP contribution >= 0.6 is 0 Å². The third-order valence-corrected chi connectivity index (χ3v) is 2.79. The molecule has 1 heterocycles. The third-order valence-electron chi connectivity index (χ3n) is 2.79. The molecular formula is C11H17NO3. The number of carboxylic acids is 1. The molecule has 4 heteroatoms. The van der Waals surface area contributed by atoms with Gasteiger partial charge >= 0.3 is 5.97 Å². The van der Waals surface area contributed by atoms with Gasteiger partial charge < -0.3 is 9.84 Å². The number of likely N-dealkylation sites (N-methyl/N-ethyl adjacent to an activating group) is 1. The number of nitrogens with zero attached hydrogens (tertiary/aromatic N) is 1. The Balaban J connectivity index is 2.58. The highest BCUT2D eigenvalue weighted by Gasteiger charge is 2.37. The summed E-state index contributed by atoms with van der Waals surface area (Å²) in [6.45, 7) is 4.36. The van der Waals surface area contributed by atoms with Crippen LogP contribution in [0, 0.1) is 18.3 Å². The zero-order chi connectivity index (χ0) is 11.3. The molecule has 0 saturated carbocycles. The first-order valence-corrected chi connectivity index (χ1v) is 5.18. The first kappa shape index (κ1) is 12.0. The maximum absolute atomic E-state index is 11.0. The average molecular weight is 211 g/mol. The number of rotatable bonds is 5. The van der Waals surface area contributed by atoms with E-state index in [1.807, 2.05) is 6.92 Å². The molecule has 0 aromatic carbocycles. The monoisotopic (exact) mass is 211 g/mol. The molecule has 1 rings (SSSR count). The molecule has 0 spiro atoms. The van der Waals surface area contributed by atoms with Gasteiger partial charge in [0, 0.05) is 19.0 Å². The predicted octanol–water partition coefficient (Wildman–Crippen LogP) is 0.431. The molecule has 1 aliphatic heterocycles. The summed E-state index contributed by atoms with van der Waals surface area (Å²) in [5, 5.41) is 9.01. The molecule has 1 saturated heterocycles. The molecule has 0 bridgehead atoms. The summed E-state index contributed by atoms with van der Waals surface area (Å²) in [4.78, 5) is 13.0. The topological polar surface area (TPSA) is 49.8 Å². The first-order valence-electron chi connectivity index (χ1n) is 5.18. The zero-order valence-corrected chi connectivity index (χ0v) is 8.98. The Kier molecular flexibility index (Phi) is 4.60. The highest BCUT2D eigenvalue weighted by molar-refractivity contribution is 5.71. The van der Waals surface area contributed by atoms with Gasteiger partial charge in [0.15, 0.2) is 0 Å². The minimum absolute atomic E-state index is 0.0270. The minimum Gasteiger partial charge on any atom is -0.481 e. The van der Waals surface area contributed by atoms with Gasteiger partial charge in [-0.1, -0.05) is 6.92 Å². The van der Waals surface area contributed by atoms with Crippen LogP contribution in [0.1, 0.15) is 13.3 Å². The summed E-state index contributed by atoms with van der Waals surface area (Å²) in [6, 6.07) is -0.0270. The molecule has 15 heavy (non-hydrogen) atoms. The van der Waals surface area contributed by atoms with Gasteiger partial charge in [-0.3, -0.25) is 9.69 Å². The van der Waals surface area contributed by atoms with Gasteiger partial charge in [-0.05, 0) is 6.54 Å². The fraction of sp³-hybridized carbons (Fsp3) is 0.727. The first-order chi connectivity index (χ1) is 7.20. The molecule has 1 fully saturated rings. The number of carboxylic acid groups (broad SMARTS) is 1. The van der Waals surface area contributed by atoms with Crippen LogP contribution in [0.4, 0.5) is 0 Å². The normalized spacial score (nSPS) is 25.4. The van der Waals surface area contributed by atoms with Gasteiger partial charge in [0.05, 0.1) is 19.1 Å². The van der Waals surface area contributed by atoms with E-state index in [-0.39, 0.29) is 6.04 Å². The van der Waals surface area contributed by atoms with Crippen molar-refractivity contribution in [3.63, 3.8) is 0 Å². The summed E-state index contributed by atoms with van der Waals surface area (Å²) >= 11 is 0. The number of ether oxygens (including phenoxy) is 1. The maximum Gasteiger partial charge on any atom is 0.310 e. The van der Waals surface area contributed by atoms with Gasteiger partial charge in [-0.15, -0.1) is 12.3 Å². The lowest BCUT2D eigenvalue weighted by atomic mass is 10.0. The fourth-order valence-corrected chi connectivity index (χ4v) is 1.91. The fourth-order valence-electron chi connectivity index (χ4n) is 1.91. The maximum atomic E-state index is 11.0. The molecule has 4 nitrogen and oxygen atoms in total. The number of aliphatic carboxylic acids is 1. The Bertz CT molecular complexity index is 259. The lowest BCUT2D eigenvalue weighted by Gasteiger charge is -2.28. The van der Waals surface area contributed by atoms with Gasteiger partial charge in [-0.25, -0.2) is 0 Å². The van der Waals surface area contributed by atoms with Crippen LogP contribution in [-0.2, 0) is 9.53 Å². The lowest BCUT2D eigenvalue weighted by Crippen LogP contribution is -2.43. The van der Waals surface area contributed by atoms with Crippen molar-refractivity contribution in [3.8, 4) is 12.3 Å². The van der Waals surface area contributed by atoms with Crippen LogP contribution in [0.2, 0.25) is 0 Å². The average Bonchev–Trinajstić information content (AvgIpc) is 2.68. The SMILES string of the molecule is C#CCCN(CC)C1COCC1C(=O)O. The quantitative estimate of drug-likeness (QED) is 0.670. The van der Waals surface area contributed by atoms with Crippen LogP contribution < -0.4 is 0 Å². The number of carbonyl (C=O) groups is 1. The van der Waals surface area contributed by atoms with E-state index >= 15 is 0 Å². The van der Waals surface area contributed by atoms with E-state index in [9.17, 15) is 4.79 Å². The van der Waals surface area contributed by atoms with Crippen molar-refractivity contribution in [2.45, 2.75) is 19.4 Å². The standard InChI is InChI=1S/C11H17NO3/c1-3-5-6-12(4-2)10-8-15-7-9(10)11(13)14/h1,9-10H,4-8H2,2H3,(H,13,14). The number of hydrogen-bond acceptors (Lipinski definition) is 3. The van der Waals surface area contributed by atoms with Gasteiger partial charge in [0.2, 0.25) is 0 Å². The lowest BCUT2D eigenvalue weighted by molar-refractivity contribution is -0.143. The van der Waals surface area contributed by atoms with E-state index in [4.69, 9.17) is 16.3 Å². The van der Waals surface area contributed by atoms with E-state index < -0.39 is 11.9 Å². The molecule has 0 radical (unpaired) electrons. The number of terminal acetylenes is 1. The van der Waals surface area contributed by atoms with E-state index in [2.05, 4.69) is 10.8 Å². The van der Waals surface area contributed by atoms with E-state index in [0.29, 0.717) is 19.6 Å². The summed E-state index contributed by atoms with van der Waals surface area (Å²) in [7, 11) is 0. The summed E-state index contributed by atoms with van der Waals surface area (Å²) in [5.41, 5.74) is 0. The van der Waals surface area contributed by atoms with Crippen molar-refractivity contribution in [1.29, 1.82) is 0 Å². The van der Waals surface area contributed by atoms with Gasteiger partial charge in [-0.2, -0.15) is 0 Å². The Labute approximate surface area is 90.2 Å². The number of hydrogen-bond donors (Lipinski definition) is 1. The molecule has 0 aromatic rings. The Morgan fingerprint density at radius 2 is 2.40 bits per heavy atom. The molecule has 1 N–H and O–H groups in total. The van der Waals surface area contributed by atoms with Crippen LogP contribution in [-0.4, -0.2) is 48.3 Å². The Morgan fingerprint density at radius 3 is 2.93 bits per heavy atom. The van der Waals surface area contributed by atoms with Crippen molar-refractivity contribution < 1.29 is 14.6 Å². The van der Waals surface area contributed by atoms with Crippen LogP contribution in [0.15, 0.2) is 0 Å². The predicted molar refractivity (Wildman–Crippen MR) is 56.4 cm³/mol. The van der Waals surface area contributed by atoms with Gasteiger partial charge in [0.1, 0.15) is 0 Å². The van der Waals surface area contributed by atoms with Crippen LogP contribution in [0.25, 0.3) is 0 Å². The summed E-state index contributed by atoms with van der Waals surface area (Å²) in [5.74, 6) is 1.38. The Hall–Kier alpha value is -1.05. The second-order valence-corrected chi connectivity index (χ2v) is 3.63. The second-order valence-electron chi connectivity index (χ2n) is 3.63. The largest absolute Gasteiger partial charge is 0.481 e. The molecule has 0 amide bonds. The molecular weight excluding hydrogens is 194 g/mol. The highest BCUT2D eigenvalue weighted by atomic mass is 16.5. The molecule has 2 atom stereocenters. The third kappa shape index (κ3) is 2.95. The highest BCUT2D eigenvalue weighted by Crippen LogP contribution is 2.20. The summed E-state index contributed by atoms with van der Waals surface area (Å²) in [6.07, 6.45) is 5.85. The Morgan fingerprint density at radius 1 is 1.67 bits per heavy atom. The smallest absolute Gasteiger partial charge is 0.310 e. The molecule has 84 valence electrons. The summed E-state index contributed by atoms with van der Waals surface area (Å²) < 4.78 is 5.22. The van der Waals surface area contributed by atoms with Crippen molar-refractivity contribution in [2.75, 3.05) is 26.3 Å². The van der Waals surface area contributed by atoms with Crippen molar-refractivity contribution in [1.82, 2.24) is 4.90 Å². The molecule has 0 aromatic heterocycles. The van der Waals surface area contributed by atoms with E-state index in [1.54, 1.807) is 0 Å².